The number of rotatable bonds is 5. The molecule has 3 N–H and O–H groups in total. The molecule has 0 fully saturated rings. The molecule has 0 aliphatic rings. The van der Waals surface area contributed by atoms with Gasteiger partial charge in [-0.25, -0.2) is 4.39 Å². The molecule has 2 aromatic rings. The first-order chi connectivity index (χ1) is 10.1. The molecule has 2 aromatic carbocycles. The van der Waals surface area contributed by atoms with Crippen LogP contribution in [0.1, 0.15) is 23.7 Å². The average molecular weight is 288 g/mol. The molecular formula is C16H17FN2O2. The first kappa shape index (κ1) is 14.8. The second-order valence-corrected chi connectivity index (χ2v) is 4.57. The van der Waals surface area contributed by atoms with E-state index >= 15 is 0 Å². The molecule has 4 nitrogen and oxygen atoms in total. The molecule has 0 aliphatic carbocycles. The lowest BCUT2D eigenvalue weighted by atomic mass is 10.2. The second-order valence-electron chi connectivity index (χ2n) is 4.57. The summed E-state index contributed by atoms with van der Waals surface area (Å²) in [6.07, 6.45) is 0.880. The van der Waals surface area contributed by atoms with Gasteiger partial charge >= 0.3 is 0 Å². The third-order valence-corrected chi connectivity index (χ3v) is 2.81. The van der Waals surface area contributed by atoms with Gasteiger partial charge in [-0.05, 0) is 42.8 Å². The van der Waals surface area contributed by atoms with Crippen molar-refractivity contribution in [2.24, 2.45) is 0 Å². The summed E-state index contributed by atoms with van der Waals surface area (Å²) in [6, 6.07) is 10.8. The quantitative estimate of drug-likeness (QED) is 0.828. The van der Waals surface area contributed by atoms with Gasteiger partial charge in [-0.1, -0.05) is 13.0 Å². The zero-order chi connectivity index (χ0) is 15.2. The molecule has 2 rings (SSSR count). The molecule has 0 aliphatic heterocycles. The number of nitrogens with one attached hydrogen (secondary N) is 1. The lowest BCUT2D eigenvalue weighted by molar-refractivity contribution is 0.102. The van der Waals surface area contributed by atoms with E-state index in [1.54, 1.807) is 24.3 Å². The number of ether oxygens (including phenoxy) is 1. The summed E-state index contributed by atoms with van der Waals surface area (Å²) >= 11 is 0. The van der Waals surface area contributed by atoms with Crippen molar-refractivity contribution in [3.8, 4) is 5.75 Å². The Morgan fingerprint density at radius 3 is 2.86 bits per heavy atom. The molecule has 110 valence electrons. The van der Waals surface area contributed by atoms with Crippen LogP contribution in [0.2, 0.25) is 0 Å². The van der Waals surface area contributed by atoms with E-state index in [4.69, 9.17) is 10.5 Å². The number of carbonyl (C=O) groups is 1. The Hall–Kier alpha value is -2.56. The van der Waals surface area contributed by atoms with Gasteiger partial charge in [-0.2, -0.15) is 0 Å². The minimum atomic E-state index is -0.532. The normalized spacial score (nSPS) is 10.2. The number of amides is 1. The summed E-state index contributed by atoms with van der Waals surface area (Å²) in [5.41, 5.74) is 6.41. The van der Waals surface area contributed by atoms with Crippen molar-refractivity contribution >= 4 is 17.3 Å². The van der Waals surface area contributed by atoms with E-state index < -0.39 is 11.7 Å². The number of hydrogen-bond acceptors (Lipinski definition) is 3. The molecule has 0 spiro atoms. The lowest BCUT2D eigenvalue weighted by Crippen LogP contribution is -2.13. The van der Waals surface area contributed by atoms with Crippen molar-refractivity contribution in [3.05, 3.63) is 53.8 Å². The fraction of sp³-hybridized carbons (Fsp3) is 0.188. The first-order valence-corrected chi connectivity index (χ1v) is 6.69. The van der Waals surface area contributed by atoms with Crippen LogP contribution >= 0.6 is 0 Å². The smallest absolute Gasteiger partial charge is 0.255 e. The lowest BCUT2D eigenvalue weighted by Gasteiger charge is -2.09. The minimum absolute atomic E-state index is 0.0554. The van der Waals surface area contributed by atoms with Crippen molar-refractivity contribution in [1.82, 2.24) is 0 Å². The van der Waals surface area contributed by atoms with Gasteiger partial charge in [0.05, 0.1) is 12.3 Å². The topological polar surface area (TPSA) is 64.3 Å². The second kappa shape index (κ2) is 6.74. The van der Waals surface area contributed by atoms with E-state index in [-0.39, 0.29) is 5.69 Å². The van der Waals surface area contributed by atoms with Crippen LogP contribution in [0.15, 0.2) is 42.5 Å². The van der Waals surface area contributed by atoms with Gasteiger partial charge in [0.2, 0.25) is 0 Å². The van der Waals surface area contributed by atoms with Crippen LogP contribution in [-0.2, 0) is 0 Å². The predicted octanol–water partition coefficient (Wildman–Crippen LogP) is 3.45. The third-order valence-electron chi connectivity index (χ3n) is 2.81. The van der Waals surface area contributed by atoms with Gasteiger partial charge in [0.25, 0.3) is 5.91 Å². The predicted molar refractivity (Wildman–Crippen MR) is 81.0 cm³/mol. The third kappa shape index (κ3) is 3.95. The monoisotopic (exact) mass is 288 g/mol. The van der Waals surface area contributed by atoms with Crippen molar-refractivity contribution in [3.63, 3.8) is 0 Å². The van der Waals surface area contributed by atoms with Crippen molar-refractivity contribution < 1.29 is 13.9 Å². The summed E-state index contributed by atoms with van der Waals surface area (Å²) in [6.45, 7) is 2.58. The van der Waals surface area contributed by atoms with Crippen molar-refractivity contribution in [1.29, 1.82) is 0 Å². The number of carbonyl (C=O) groups excluding carboxylic acids is 1. The van der Waals surface area contributed by atoms with Gasteiger partial charge in [0.15, 0.2) is 0 Å². The molecule has 0 unspecified atom stereocenters. The van der Waals surface area contributed by atoms with Gasteiger partial charge < -0.3 is 15.8 Å². The Balaban J connectivity index is 2.14. The summed E-state index contributed by atoms with van der Waals surface area (Å²) < 4.78 is 19.1. The molecule has 1 amide bonds. The molecule has 0 radical (unpaired) electrons. The highest BCUT2D eigenvalue weighted by Gasteiger charge is 2.10. The highest BCUT2D eigenvalue weighted by atomic mass is 19.1. The van der Waals surface area contributed by atoms with Crippen LogP contribution in [-0.4, -0.2) is 12.5 Å². The number of halogens is 1. The summed E-state index contributed by atoms with van der Waals surface area (Å²) in [5, 5.41) is 2.50. The maximum Gasteiger partial charge on any atom is 0.255 e. The van der Waals surface area contributed by atoms with Crippen LogP contribution in [0.3, 0.4) is 0 Å². The zero-order valence-electron chi connectivity index (χ0n) is 11.7. The van der Waals surface area contributed by atoms with Crippen LogP contribution in [0.4, 0.5) is 15.8 Å². The average Bonchev–Trinajstić information content (AvgIpc) is 2.49. The molecule has 0 aromatic heterocycles. The Labute approximate surface area is 122 Å². The number of nitrogen functional groups attached to an aromatic ring is 1. The van der Waals surface area contributed by atoms with Crippen LogP contribution in [0, 0.1) is 5.82 Å². The molecule has 0 bridgehead atoms. The molecule has 0 saturated heterocycles. The fourth-order valence-corrected chi connectivity index (χ4v) is 1.78. The maximum absolute atomic E-state index is 13.6. The summed E-state index contributed by atoms with van der Waals surface area (Å²) in [7, 11) is 0. The number of benzene rings is 2. The van der Waals surface area contributed by atoms with Gasteiger partial charge in [0.1, 0.15) is 11.6 Å². The van der Waals surface area contributed by atoms with Crippen LogP contribution in [0.5, 0.6) is 5.75 Å². The number of nitrogens with two attached hydrogens (primary N) is 1. The molecular weight excluding hydrogens is 271 g/mol. The molecule has 5 heteroatoms. The van der Waals surface area contributed by atoms with E-state index in [1.165, 1.54) is 18.2 Å². The van der Waals surface area contributed by atoms with Crippen molar-refractivity contribution in [2.45, 2.75) is 13.3 Å². The SMILES string of the molecule is CCCOc1cccc(C(=O)Nc2cc(N)ccc2F)c1. The van der Waals surface area contributed by atoms with Gasteiger partial charge in [-0.15, -0.1) is 0 Å². The van der Waals surface area contributed by atoms with E-state index in [2.05, 4.69) is 5.32 Å². The molecule has 0 atom stereocenters. The fourth-order valence-electron chi connectivity index (χ4n) is 1.78. The molecule has 21 heavy (non-hydrogen) atoms. The van der Waals surface area contributed by atoms with Crippen molar-refractivity contribution in [2.75, 3.05) is 17.7 Å². The largest absolute Gasteiger partial charge is 0.494 e. The Morgan fingerprint density at radius 1 is 1.29 bits per heavy atom. The Bertz CT molecular complexity index is 644. The highest BCUT2D eigenvalue weighted by molar-refractivity contribution is 6.04. The zero-order valence-corrected chi connectivity index (χ0v) is 11.7. The first-order valence-electron chi connectivity index (χ1n) is 6.69. The summed E-state index contributed by atoms with van der Waals surface area (Å²) in [5.74, 6) is -0.338. The standard InChI is InChI=1S/C16H17FN2O2/c1-2-8-21-13-5-3-4-11(9-13)16(20)19-15-10-12(18)6-7-14(15)17/h3-7,9-10H,2,8,18H2,1H3,(H,19,20). The van der Waals surface area contributed by atoms with E-state index in [0.29, 0.717) is 23.6 Å². The maximum atomic E-state index is 13.6. The minimum Gasteiger partial charge on any atom is -0.494 e. The Morgan fingerprint density at radius 2 is 2.10 bits per heavy atom. The molecule has 0 saturated carbocycles. The Kier molecular flexibility index (Phi) is 4.77. The number of hydrogen-bond donors (Lipinski definition) is 2. The van der Waals surface area contributed by atoms with E-state index in [0.717, 1.165) is 6.42 Å². The highest BCUT2D eigenvalue weighted by Crippen LogP contribution is 2.19. The van der Waals surface area contributed by atoms with Gasteiger partial charge in [-0.3, -0.25) is 4.79 Å². The number of anilines is 2. The van der Waals surface area contributed by atoms with Crippen LogP contribution in [0.25, 0.3) is 0 Å². The van der Waals surface area contributed by atoms with Crippen LogP contribution < -0.4 is 15.8 Å². The summed E-state index contributed by atoms with van der Waals surface area (Å²) in [4.78, 5) is 12.1. The van der Waals surface area contributed by atoms with E-state index in [9.17, 15) is 9.18 Å². The van der Waals surface area contributed by atoms with E-state index in [1.807, 2.05) is 6.92 Å². The molecule has 0 heterocycles. The van der Waals surface area contributed by atoms with Gasteiger partial charge in [0, 0.05) is 11.3 Å².